The Morgan fingerprint density at radius 1 is 0.744 bits per heavy atom. The third kappa shape index (κ3) is 8.32. The van der Waals surface area contributed by atoms with Crippen molar-refractivity contribution in [1.82, 2.24) is 10.2 Å². The van der Waals surface area contributed by atoms with E-state index < -0.39 is 28.5 Å². The van der Waals surface area contributed by atoms with Gasteiger partial charge in [0.05, 0.1) is 10.6 Å². The van der Waals surface area contributed by atoms with Crippen molar-refractivity contribution in [2.75, 3.05) is 17.4 Å². The minimum atomic E-state index is -4.11. The van der Waals surface area contributed by atoms with Gasteiger partial charge in [-0.1, -0.05) is 103 Å². The number of carbonyl (C=O) groups excluding carboxylic acids is 2. The fourth-order valence-electron chi connectivity index (χ4n) is 4.77. The van der Waals surface area contributed by atoms with E-state index in [0.717, 1.165) is 33.0 Å². The lowest BCUT2D eigenvalue weighted by Gasteiger charge is -2.34. The number of amides is 2. The van der Waals surface area contributed by atoms with Crippen LogP contribution < -0.4 is 9.62 Å². The molecule has 0 heterocycles. The summed E-state index contributed by atoms with van der Waals surface area (Å²) in [5, 5.41) is 2.97. The normalized spacial score (nSPS) is 11.9. The lowest BCUT2D eigenvalue weighted by Crippen LogP contribution is -2.53. The molecule has 1 N–H and O–H groups in total. The molecular weight excluding hydrogens is 558 g/mol. The lowest BCUT2D eigenvalue weighted by atomic mass is 10.0. The standard InChI is InChI=1S/C35H39N3O4S/c1-4-23-36-35(40)33(24-29-11-7-5-8-12-29)37(25-30-19-15-27(2)16-20-30)34(39)26-38(31-21-17-28(3)18-22-31)43(41,42)32-13-9-6-10-14-32/h5-22,33H,4,23-26H2,1-3H3,(H,36,40)/t33-/m1/s1. The van der Waals surface area contributed by atoms with Crippen molar-refractivity contribution in [1.29, 1.82) is 0 Å². The fourth-order valence-corrected chi connectivity index (χ4v) is 6.20. The minimum Gasteiger partial charge on any atom is -0.354 e. The van der Waals surface area contributed by atoms with Crippen LogP contribution >= 0.6 is 0 Å². The van der Waals surface area contributed by atoms with Gasteiger partial charge in [0.1, 0.15) is 12.6 Å². The van der Waals surface area contributed by atoms with E-state index in [0.29, 0.717) is 12.2 Å². The summed E-state index contributed by atoms with van der Waals surface area (Å²) >= 11 is 0. The van der Waals surface area contributed by atoms with E-state index in [1.807, 2.05) is 87.5 Å². The molecule has 0 aliphatic carbocycles. The minimum absolute atomic E-state index is 0.0787. The molecule has 0 unspecified atom stereocenters. The average molecular weight is 598 g/mol. The molecule has 1 atom stereocenters. The molecule has 0 radical (unpaired) electrons. The molecule has 4 aromatic carbocycles. The largest absolute Gasteiger partial charge is 0.354 e. The van der Waals surface area contributed by atoms with Gasteiger partial charge < -0.3 is 10.2 Å². The van der Waals surface area contributed by atoms with E-state index >= 15 is 0 Å². The predicted molar refractivity (Wildman–Crippen MR) is 171 cm³/mol. The highest BCUT2D eigenvalue weighted by molar-refractivity contribution is 7.92. The number of sulfonamides is 1. The first-order chi connectivity index (χ1) is 20.7. The highest BCUT2D eigenvalue weighted by atomic mass is 32.2. The Morgan fingerprint density at radius 3 is 1.88 bits per heavy atom. The summed E-state index contributed by atoms with van der Waals surface area (Å²) in [7, 11) is -4.11. The Kier molecular flexibility index (Phi) is 10.7. The summed E-state index contributed by atoms with van der Waals surface area (Å²) in [5.74, 6) is -0.757. The van der Waals surface area contributed by atoms with E-state index in [1.54, 1.807) is 30.3 Å². The first-order valence-electron chi connectivity index (χ1n) is 14.5. The van der Waals surface area contributed by atoms with E-state index in [-0.39, 0.29) is 23.8 Å². The quantitative estimate of drug-likeness (QED) is 0.215. The Morgan fingerprint density at radius 2 is 1.30 bits per heavy atom. The van der Waals surface area contributed by atoms with E-state index in [9.17, 15) is 18.0 Å². The van der Waals surface area contributed by atoms with Gasteiger partial charge in [-0.3, -0.25) is 13.9 Å². The van der Waals surface area contributed by atoms with Crippen molar-refractivity contribution in [2.24, 2.45) is 0 Å². The van der Waals surface area contributed by atoms with Crippen molar-refractivity contribution in [3.8, 4) is 0 Å². The summed E-state index contributed by atoms with van der Waals surface area (Å²) in [4.78, 5) is 29.7. The molecule has 0 aliphatic rings. The van der Waals surface area contributed by atoms with Crippen LogP contribution in [0.25, 0.3) is 0 Å². The van der Waals surface area contributed by atoms with E-state index in [1.165, 1.54) is 17.0 Å². The molecule has 0 spiro atoms. The summed E-state index contributed by atoms with van der Waals surface area (Å²) in [6.45, 7) is 6.00. The van der Waals surface area contributed by atoms with Crippen molar-refractivity contribution < 1.29 is 18.0 Å². The predicted octanol–water partition coefficient (Wildman–Crippen LogP) is 5.67. The molecule has 0 fully saturated rings. The van der Waals surface area contributed by atoms with Crippen LogP contribution in [0.2, 0.25) is 0 Å². The van der Waals surface area contributed by atoms with Crippen LogP contribution in [-0.4, -0.2) is 44.3 Å². The smallest absolute Gasteiger partial charge is 0.264 e. The SMILES string of the molecule is CCCNC(=O)[C@@H](Cc1ccccc1)N(Cc1ccc(C)cc1)C(=O)CN(c1ccc(C)cc1)S(=O)(=O)c1ccccc1. The molecule has 0 bridgehead atoms. The third-order valence-electron chi connectivity index (χ3n) is 7.23. The van der Waals surface area contributed by atoms with Gasteiger partial charge in [0.2, 0.25) is 11.8 Å². The topological polar surface area (TPSA) is 86.8 Å². The highest BCUT2D eigenvalue weighted by Crippen LogP contribution is 2.25. The van der Waals surface area contributed by atoms with E-state index in [2.05, 4.69) is 5.32 Å². The molecule has 224 valence electrons. The molecule has 2 amide bonds. The van der Waals surface area contributed by atoms with Gasteiger partial charge in [-0.15, -0.1) is 0 Å². The number of carbonyl (C=O) groups is 2. The van der Waals surface area contributed by atoms with E-state index in [4.69, 9.17) is 0 Å². The summed E-state index contributed by atoms with van der Waals surface area (Å²) in [6, 6.07) is 31.6. The maximum Gasteiger partial charge on any atom is 0.264 e. The summed E-state index contributed by atoms with van der Waals surface area (Å²) < 4.78 is 29.1. The highest BCUT2D eigenvalue weighted by Gasteiger charge is 2.34. The van der Waals surface area contributed by atoms with Gasteiger partial charge in [0, 0.05) is 19.5 Å². The molecule has 0 saturated carbocycles. The molecule has 8 heteroatoms. The summed E-state index contributed by atoms with van der Waals surface area (Å²) in [6.07, 6.45) is 1.02. The van der Waals surface area contributed by atoms with Crippen molar-refractivity contribution in [3.63, 3.8) is 0 Å². The number of hydrogen-bond donors (Lipinski definition) is 1. The van der Waals surface area contributed by atoms with Gasteiger partial charge in [-0.25, -0.2) is 8.42 Å². The molecule has 4 aromatic rings. The molecule has 0 saturated heterocycles. The third-order valence-corrected chi connectivity index (χ3v) is 9.01. The van der Waals surface area contributed by atoms with Crippen LogP contribution in [0.5, 0.6) is 0 Å². The van der Waals surface area contributed by atoms with Gasteiger partial charge in [-0.05, 0) is 55.7 Å². The first kappa shape index (κ1) is 31.5. The second kappa shape index (κ2) is 14.6. The van der Waals surface area contributed by atoms with Crippen LogP contribution in [0.1, 0.15) is 35.6 Å². The summed E-state index contributed by atoms with van der Waals surface area (Å²) in [5.41, 5.74) is 4.14. The van der Waals surface area contributed by atoms with Crippen molar-refractivity contribution in [3.05, 3.63) is 131 Å². The Labute approximate surface area is 255 Å². The van der Waals surface area contributed by atoms with Crippen molar-refractivity contribution in [2.45, 2.75) is 51.1 Å². The Balaban J connectivity index is 1.78. The van der Waals surface area contributed by atoms with Crippen LogP contribution in [0, 0.1) is 13.8 Å². The van der Waals surface area contributed by atoms with Gasteiger partial charge in [0.25, 0.3) is 10.0 Å². The van der Waals surface area contributed by atoms with Gasteiger partial charge in [0.15, 0.2) is 0 Å². The Hall–Kier alpha value is -4.43. The molecular formula is C35H39N3O4S. The molecule has 43 heavy (non-hydrogen) atoms. The molecule has 0 aromatic heterocycles. The van der Waals surface area contributed by atoms with Crippen LogP contribution in [0.15, 0.2) is 114 Å². The monoisotopic (exact) mass is 597 g/mol. The van der Waals surface area contributed by atoms with Crippen LogP contribution in [0.3, 0.4) is 0 Å². The van der Waals surface area contributed by atoms with Crippen molar-refractivity contribution >= 4 is 27.5 Å². The van der Waals surface area contributed by atoms with Crippen LogP contribution in [-0.2, 0) is 32.6 Å². The maximum atomic E-state index is 14.4. The molecule has 7 nitrogen and oxygen atoms in total. The zero-order valence-corrected chi connectivity index (χ0v) is 25.8. The number of anilines is 1. The number of benzene rings is 4. The van der Waals surface area contributed by atoms with Gasteiger partial charge in [-0.2, -0.15) is 0 Å². The fraction of sp³-hybridized carbons (Fsp3) is 0.257. The second-order valence-electron chi connectivity index (χ2n) is 10.7. The number of aryl methyl sites for hydroxylation is 2. The average Bonchev–Trinajstić information content (AvgIpc) is 3.02. The number of nitrogens with one attached hydrogen (secondary N) is 1. The Bertz CT molecular complexity index is 1590. The maximum absolute atomic E-state index is 14.4. The zero-order valence-electron chi connectivity index (χ0n) is 24.9. The lowest BCUT2D eigenvalue weighted by molar-refractivity contribution is -0.140. The first-order valence-corrected chi connectivity index (χ1v) is 15.9. The number of hydrogen-bond acceptors (Lipinski definition) is 4. The van der Waals surface area contributed by atoms with Gasteiger partial charge >= 0.3 is 0 Å². The number of nitrogens with zero attached hydrogens (tertiary/aromatic N) is 2. The number of rotatable bonds is 13. The second-order valence-corrected chi connectivity index (χ2v) is 12.5. The zero-order chi connectivity index (χ0) is 30.8. The van der Waals surface area contributed by atoms with Crippen LogP contribution in [0.4, 0.5) is 5.69 Å². The molecule has 0 aliphatic heterocycles. The molecule has 4 rings (SSSR count).